The van der Waals surface area contributed by atoms with Crippen molar-refractivity contribution in [1.82, 2.24) is 10.6 Å². The highest BCUT2D eigenvalue weighted by Gasteiger charge is 2.04. The van der Waals surface area contributed by atoms with Crippen LogP contribution in [0.3, 0.4) is 0 Å². The van der Waals surface area contributed by atoms with Gasteiger partial charge < -0.3 is 10.6 Å². The van der Waals surface area contributed by atoms with E-state index in [2.05, 4.69) is 10.6 Å². The molecule has 1 atom stereocenters. The zero-order valence-corrected chi connectivity index (χ0v) is 12.8. The Morgan fingerprint density at radius 1 is 1.39 bits per heavy atom. The summed E-state index contributed by atoms with van der Waals surface area (Å²) >= 11 is 7.28. The molecular formula is C12H18Cl2N2OS. The number of amides is 1. The molecule has 0 saturated heterocycles. The highest BCUT2D eigenvalue weighted by Crippen LogP contribution is 2.19. The topological polar surface area (TPSA) is 41.1 Å². The van der Waals surface area contributed by atoms with E-state index in [0.717, 1.165) is 4.90 Å². The first-order valence-corrected chi connectivity index (χ1v) is 6.80. The first-order valence-electron chi connectivity index (χ1n) is 5.44. The van der Waals surface area contributed by atoms with E-state index in [1.807, 2.05) is 38.2 Å². The van der Waals surface area contributed by atoms with Crippen molar-refractivity contribution < 1.29 is 4.79 Å². The first-order chi connectivity index (χ1) is 8.11. The van der Waals surface area contributed by atoms with Crippen LogP contribution in [0.15, 0.2) is 29.2 Å². The van der Waals surface area contributed by atoms with Crippen LogP contribution in [0.25, 0.3) is 0 Å². The van der Waals surface area contributed by atoms with Gasteiger partial charge in [-0.3, -0.25) is 4.79 Å². The van der Waals surface area contributed by atoms with E-state index in [9.17, 15) is 4.79 Å². The number of likely N-dealkylation sites (N-methyl/N-ethyl adjacent to an activating group) is 1. The molecule has 1 aromatic carbocycles. The van der Waals surface area contributed by atoms with E-state index in [4.69, 9.17) is 11.6 Å². The Labute approximate surface area is 123 Å². The standard InChI is InChI=1S/C12H17ClN2OS.ClH/c1-9(14-2)7-15-12(16)8-17-11-5-3-10(13)4-6-11;/h3-6,9,14H,7-8H2,1-2H3,(H,15,16);1H. The molecule has 0 heterocycles. The van der Waals surface area contributed by atoms with Crippen molar-refractivity contribution in [2.45, 2.75) is 17.9 Å². The molecule has 0 aliphatic heterocycles. The summed E-state index contributed by atoms with van der Waals surface area (Å²) in [6.07, 6.45) is 0. The molecule has 1 aromatic rings. The number of hydrogen-bond acceptors (Lipinski definition) is 3. The smallest absolute Gasteiger partial charge is 0.230 e. The average Bonchev–Trinajstić information content (AvgIpc) is 2.35. The van der Waals surface area contributed by atoms with Crippen molar-refractivity contribution in [2.24, 2.45) is 0 Å². The summed E-state index contributed by atoms with van der Waals surface area (Å²) in [6, 6.07) is 7.77. The third kappa shape index (κ3) is 7.11. The SMILES string of the molecule is CNC(C)CNC(=O)CSc1ccc(Cl)cc1.Cl. The van der Waals surface area contributed by atoms with Gasteiger partial charge in [0.25, 0.3) is 0 Å². The normalized spacial score (nSPS) is 11.5. The van der Waals surface area contributed by atoms with Crippen LogP contribution < -0.4 is 10.6 Å². The molecule has 1 rings (SSSR count). The molecule has 0 saturated carbocycles. The van der Waals surface area contributed by atoms with Crippen LogP contribution in [0.2, 0.25) is 5.02 Å². The molecule has 6 heteroatoms. The minimum Gasteiger partial charge on any atom is -0.354 e. The van der Waals surface area contributed by atoms with Crippen LogP contribution in [0.1, 0.15) is 6.92 Å². The minimum atomic E-state index is 0. The summed E-state index contributed by atoms with van der Waals surface area (Å²) in [7, 11) is 1.87. The lowest BCUT2D eigenvalue weighted by molar-refractivity contribution is -0.118. The van der Waals surface area contributed by atoms with Crippen molar-refractivity contribution in [3.05, 3.63) is 29.3 Å². The number of rotatable bonds is 6. The molecule has 2 N–H and O–H groups in total. The molecule has 102 valence electrons. The minimum absolute atomic E-state index is 0. The van der Waals surface area contributed by atoms with Crippen LogP contribution in [-0.4, -0.2) is 31.3 Å². The number of halogens is 2. The number of thioether (sulfide) groups is 1. The second-order valence-electron chi connectivity index (χ2n) is 3.74. The Balaban J connectivity index is 0.00000289. The van der Waals surface area contributed by atoms with Crippen LogP contribution in [0, 0.1) is 0 Å². The molecule has 1 amide bonds. The molecule has 3 nitrogen and oxygen atoms in total. The number of hydrogen-bond donors (Lipinski definition) is 2. The van der Waals surface area contributed by atoms with Gasteiger partial charge >= 0.3 is 0 Å². The Bertz CT molecular complexity index is 360. The Hall–Kier alpha value is -0.420. The number of nitrogens with one attached hydrogen (secondary N) is 2. The van der Waals surface area contributed by atoms with Gasteiger partial charge in [-0.2, -0.15) is 0 Å². The zero-order valence-electron chi connectivity index (χ0n) is 10.4. The Morgan fingerprint density at radius 3 is 2.56 bits per heavy atom. The third-order valence-corrected chi connectivity index (χ3v) is 3.55. The third-order valence-electron chi connectivity index (χ3n) is 2.28. The van der Waals surface area contributed by atoms with Gasteiger partial charge in [-0.1, -0.05) is 11.6 Å². The van der Waals surface area contributed by atoms with E-state index < -0.39 is 0 Å². The molecule has 1 unspecified atom stereocenters. The molecular weight excluding hydrogens is 291 g/mol. The second kappa shape index (κ2) is 9.50. The maximum Gasteiger partial charge on any atom is 0.230 e. The molecule has 18 heavy (non-hydrogen) atoms. The monoisotopic (exact) mass is 308 g/mol. The van der Waals surface area contributed by atoms with Crippen LogP contribution in [-0.2, 0) is 4.79 Å². The van der Waals surface area contributed by atoms with E-state index in [0.29, 0.717) is 23.4 Å². The molecule has 0 spiro atoms. The van der Waals surface area contributed by atoms with Crippen molar-refractivity contribution in [1.29, 1.82) is 0 Å². The molecule has 0 aromatic heterocycles. The highest BCUT2D eigenvalue weighted by molar-refractivity contribution is 8.00. The van der Waals surface area contributed by atoms with Crippen LogP contribution in [0.5, 0.6) is 0 Å². The molecule has 0 radical (unpaired) electrons. The van der Waals surface area contributed by atoms with Gasteiger partial charge in [-0.15, -0.1) is 24.2 Å². The summed E-state index contributed by atoms with van der Waals surface area (Å²) in [4.78, 5) is 12.6. The molecule has 0 bridgehead atoms. The summed E-state index contributed by atoms with van der Waals surface area (Å²) in [5.74, 6) is 0.477. The number of carbonyl (C=O) groups excluding carboxylic acids is 1. The molecule has 0 aliphatic carbocycles. The van der Waals surface area contributed by atoms with Gasteiger partial charge in [0, 0.05) is 22.5 Å². The largest absolute Gasteiger partial charge is 0.354 e. The van der Waals surface area contributed by atoms with Crippen molar-refractivity contribution in [2.75, 3.05) is 19.3 Å². The van der Waals surface area contributed by atoms with Crippen molar-refractivity contribution in [3.63, 3.8) is 0 Å². The van der Waals surface area contributed by atoms with Gasteiger partial charge in [0.2, 0.25) is 5.91 Å². The van der Waals surface area contributed by atoms with E-state index in [-0.39, 0.29) is 18.3 Å². The maximum absolute atomic E-state index is 11.5. The fourth-order valence-electron chi connectivity index (χ4n) is 1.10. The zero-order chi connectivity index (χ0) is 12.7. The lowest BCUT2D eigenvalue weighted by atomic mass is 10.3. The predicted octanol–water partition coefficient (Wildman–Crippen LogP) is 2.58. The van der Waals surface area contributed by atoms with Crippen molar-refractivity contribution >= 4 is 41.7 Å². The summed E-state index contributed by atoms with van der Waals surface area (Å²) in [5, 5.41) is 6.64. The Morgan fingerprint density at radius 2 is 2.00 bits per heavy atom. The van der Waals surface area contributed by atoms with E-state index in [1.165, 1.54) is 11.8 Å². The summed E-state index contributed by atoms with van der Waals surface area (Å²) in [6.45, 7) is 2.67. The maximum atomic E-state index is 11.5. The fraction of sp³-hybridized carbons (Fsp3) is 0.417. The Kier molecular flexibility index (Phi) is 9.28. The lowest BCUT2D eigenvalue weighted by Crippen LogP contribution is -2.37. The fourth-order valence-corrected chi connectivity index (χ4v) is 1.95. The van der Waals surface area contributed by atoms with Crippen LogP contribution >= 0.6 is 35.8 Å². The number of carbonyl (C=O) groups is 1. The summed E-state index contributed by atoms with van der Waals surface area (Å²) in [5.41, 5.74) is 0. The average molecular weight is 309 g/mol. The van der Waals surface area contributed by atoms with Gasteiger partial charge in [0.1, 0.15) is 0 Å². The van der Waals surface area contributed by atoms with E-state index in [1.54, 1.807) is 0 Å². The van der Waals surface area contributed by atoms with Gasteiger partial charge in [0.05, 0.1) is 5.75 Å². The van der Waals surface area contributed by atoms with Gasteiger partial charge in [-0.05, 0) is 38.2 Å². The van der Waals surface area contributed by atoms with Gasteiger partial charge in [0.15, 0.2) is 0 Å². The molecule has 0 fully saturated rings. The summed E-state index contributed by atoms with van der Waals surface area (Å²) < 4.78 is 0. The number of benzene rings is 1. The van der Waals surface area contributed by atoms with Crippen LogP contribution in [0.4, 0.5) is 0 Å². The van der Waals surface area contributed by atoms with Crippen molar-refractivity contribution in [3.8, 4) is 0 Å². The second-order valence-corrected chi connectivity index (χ2v) is 5.22. The predicted molar refractivity (Wildman–Crippen MR) is 81.0 cm³/mol. The lowest BCUT2D eigenvalue weighted by Gasteiger charge is -2.11. The highest BCUT2D eigenvalue weighted by atomic mass is 35.5. The quantitative estimate of drug-likeness (QED) is 0.794. The molecule has 0 aliphatic rings. The first kappa shape index (κ1) is 17.6. The van der Waals surface area contributed by atoms with E-state index >= 15 is 0 Å². The van der Waals surface area contributed by atoms with Gasteiger partial charge in [-0.25, -0.2) is 0 Å².